The monoisotopic (exact) mass is 469 g/mol. The van der Waals surface area contributed by atoms with Crippen LogP contribution < -0.4 is 15.4 Å². The van der Waals surface area contributed by atoms with E-state index < -0.39 is 0 Å². The third-order valence-corrected chi connectivity index (χ3v) is 5.12. The van der Waals surface area contributed by atoms with Gasteiger partial charge in [0.2, 0.25) is 5.91 Å². The van der Waals surface area contributed by atoms with Crippen molar-refractivity contribution in [3.63, 3.8) is 0 Å². The van der Waals surface area contributed by atoms with E-state index in [0.717, 1.165) is 11.3 Å². The first-order valence-electron chi connectivity index (χ1n) is 10.5. The molecule has 4 aromatic rings. The Hall–Kier alpha value is -4.41. The molecule has 0 saturated heterocycles. The van der Waals surface area contributed by atoms with Crippen molar-refractivity contribution in [2.24, 2.45) is 0 Å². The Morgan fingerprint density at radius 3 is 2.74 bits per heavy atom. The van der Waals surface area contributed by atoms with Crippen LogP contribution in [0, 0.1) is 11.3 Å². The molecule has 0 aliphatic carbocycles. The van der Waals surface area contributed by atoms with E-state index in [1.54, 1.807) is 48.8 Å². The number of carbonyl (C=O) groups is 1. The number of rotatable bonds is 7. The van der Waals surface area contributed by atoms with Gasteiger partial charge < -0.3 is 15.4 Å². The van der Waals surface area contributed by atoms with Crippen molar-refractivity contribution in [1.29, 1.82) is 5.26 Å². The molecular formula is C26H20ClN5O2. The van der Waals surface area contributed by atoms with Crippen molar-refractivity contribution in [2.45, 2.75) is 6.92 Å². The number of anilines is 3. The summed E-state index contributed by atoms with van der Waals surface area (Å²) in [7, 11) is 0. The fourth-order valence-corrected chi connectivity index (χ4v) is 3.44. The van der Waals surface area contributed by atoms with E-state index in [-0.39, 0.29) is 5.91 Å². The summed E-state index contributed by atoms with van der Waals surface area (Å²) in [6, 6.07) is 16.5. The van der Waals surface area contributed by atoms with Crippen molar-refractivity contribution in [3.05, 3.63) is 89.3 Å². The van der Waals surface area contributed by atoms with Gasteiger partial charge in [0.05, 0.1) is 29.1 Å². The van der Waals surface area contributed by atoms with Crippen molar-refractivity contribution < 1.29 is 9.53 Å². The number of nitrogens with zero attached hydrogens (tertiary/aromatic N) is 3. The minimum Gasteiger partial charge on any atom is -0.492 e. The molecular weight excluding hydrogens is 450 g/mol. The first kappa shape index (κ1) is 22.8. The van der Waals surface area contributed by atoms with Gasteiger partial charge in [-0.05, 0) is 55.0 Å². The highest BCUT2D eigenvalue weighted by atomic mass is 35.5. The number of nitrogens with one attached hydrogen (secondary N) is 2. The molecule has 2 heterocycles. The van der Waals surface area contributed by atoms with Gasteiger partial charge in [-0.15, -0.1) is 0 Å². The summed E-state index contributed by atoms with van der Waals surface area (Å²) in [5, 5.41) is 17.1. The molecule has 0 unspecified atom stereocenters. The molecule has 8 heteroatoms. The number of aromatic nitrogens is 2. The maximum Gasteiger partial charge on any atom is 0.248 e. The normalized spacial score (nSPS) is 10.7. The number of amides is 1. The van der Waals surface area contributed by atoms with Crippen LogP contribution in [0.25, 0.3) is 17.0 Å². The van der Waals surface area contributed by atoms with Crippen LogP contribution in [-0.4, -0.2) is 22.5 Å². The predicted octanol–water partition coefficient (Wildman–Crippen LogP) is 5.95. The van der Waals surface area contributed by atoms with Crippen LogP contribution in [0.15, 0.2) is 73.2 Å². The lowest BCUT2D eigenvalue weighted by atomic mass is 10.1. The quantitative estimate of drug-likeness (QED) is 0.324. The SMILES string of the molecule is CCOc1cc2ncc(C#N)c(Nc3ccc(Cl)cc3)c2cc1NC(=O)C=Cc1cccnc1. The van der Waals surface area contributed by atoms with E-state index in [4.69, 9.17) is 16.3 Å². The predicted molar refractivity (Wildman–Crippen MR) is 134 cm³/mol. The Morgan fingerprint density at radius 1 is 1.21 bits per heavy atom. The highest BCUT2D eigenvalue weighted by Gasteiger charge is 2.15. The van der Waals surface area contributed by atoms with Crippen molar-refractivity contribution in [1.82, 2.24) is 9.97 Å². The lowest BCUT2D eigenvalue weighted by molar-refractivity contribution is -0.111. The number of benzene rings is 2. The highest BCUT2D eigenvalue weighted by molar-refractivity contribution is 6.30. The van der Waals surface area contributed by atoms with Crippen LogP contribution in [0.4, 0.5) is 17.1 Å². The maximum atomic E-state index is 12.6. The van der Waals surface area contributed by atoms with E-state index in [1.807, 2.05) is 25.1 Å². The molecule has 2 aromatic heterocycles. The molecule has 0 atom stereocenters. The number of hydrogen-bond donors (Lipinski definition) is 2. The first-order valence-corrected chi connectivity index (χ1v) is 10.9. The van der Waals surface area contributed by atoms with Crippen molar-refractivity contribution >= 4 is 51.5 Å². The zero-order chi connectivity index (χ0) is 23.9. The molecule has 2 aromatic carbocycles. The molecule has 2 N–H and O–H groups in total. The standard InChI is InChI=1S/C26H20ClN5O2/c1-2-34-24-13-22-21(12-23(24)32-25(33)10-5-17-4-3-11-29-15-17)26(18(14-28)16-30-22)31-20-8-6-19(27)7-9-20/h3-13,15-16H,2H2,1H3,(H,30,31)(H,32,33). The molecule has 1 amide bonds. The molecule has 0 fully saturated rings. The zero-order valence-corrected chi connectivity index (χ0v) is 19.0. The van der Waals surface area contributed by atoms with Crippen molar-refractivity contribution in [2.75, 3.05) is 17.2 Å². The average molecular weight is 470 g/mol. The lowest BCUT2D eigenvalue weighted by Crippen LogP contribution is -2.10. The van der Waals surface area contributed by atoms with Gasteiger partial charge in [0.1, 0.15) is 11.8 Å². The smallest absolute Gasteiger partial charge is 0.248 e. The van der Waals surface area contributed by atoms with E-state index >= 15 is 0 Å². The summed E-state index contributed by atoms with van der Waals surface area (Å²) < 4.78 is 5.75. The summed E-state index contributed by atoms with van der Waals surface area (Å²) >= 11 is 6.00. The number of carbonyl (C=O) groups excluding carboxylic acids is 1. The largest absolute Gasteiger partial charge is 0.492 e. The number of pyridine rings is 2. The van der Waals surface area contributed by atoms with Gasteiger partial charge in [-0.3, -0.25) is 14.8 Å². The Balaban J connectivity index is 1.73. The van der Waals surface area contributed by atoms with Crippen LogP contribution in [0.3, 0.4) is 0 Å². The van der Waals surface area contributed by atoms with Gasteiger partial charge in [-0.1, -0.05) is 17.7 Å². The fraction of sp³-hybridized carbons (Fsp3) is 0.0769. The molecule has 4 rings (SSSR count). The maximum absolute atomic E-state index is 12.6. The summed E-state index contributed by atoms with van der Waals surface area (Å²) in [6.45, 7) is 2.27. The third-order valence-electron chi connectivity index (χ3n) is 4.87. The van der Waals surface area contributed by atoms with Gasteiger partial charge >= 0.3 is 0 Å². The van der Waals surface area contributed by atoms with Crippen LogP contribution in [0.5, 0.6) is 5.75 Å². The Bertz CT molecular complexity index is 1400. The second-order valence-corrected chi connectivity index (χ2v) is 7.63. The van der Waals surface area contributed by atoms with E-state index in [0.29, 0.717) is 45.2 Å². The second-order valence-electron chi connectivity index (χ2n) is 7.20. The molecule has 168 valence electrons. The second kappa shape index (κ2) is 10.5. The fourth-order valence-electron chi connectivity index (χ4n) is 3.31. The van der Waals surface area contributed by atoms with Gasteiger partial charge in [0, 0.05) is 46.8 Å². The lowest BCUT2D eigenvalue weighted by Gasteiger charge is -2.16. The topological polar surface area (TPSA) is 99.9 Å². The average Bonchev–Trinajstić information content (AvgIpc) is 2.85. The van der Waals surface area contributed by atoms with Gasteiger partial charge in [-0.2, -0.15) is 5.26 Å². The molecule has 0 saturated carbocycles. The Morgan fingerprint density at radius 2 is 2.03 bits per heavy atom. The van der Waals surface area contributed by atoms with Gasteiger partial charge in [-0.25, -0.2) is 0 Å². The first-order chi connectivity index (χ1) is 16.6. The van der Waals surface area contributed by atoms with Crippen LogP contribution >= 0.6 is 11.6 Å². The third kappa shape index (κ3) is 5.31. The van der Waals surface area contributed by atoms with Crippen molar-refractivity contribution in [3.8, 4) is 11.8 Å². The van der Waals surface area contributed by atoms with Crippen LogP contribution in [-0.2, 0) is 4.79 Å². The summed E-state index contributed by atoms with van der Waals surface area (Å²) in [4.78, 5) is 21.1. The molecule has 0 aliphatic rings. The molecule has 0 spiro atoms. The summed E-state index contributed by atoms with van der Waals surface area (Å²) in [6.07, 6.45) is 7.93. The minimum atomic E-state index is -0.333. The molecule has 0 aliphatic heterocycles. The highest BCUT2D eigenvalue weighted by Crippen LogP contribution is 2.36. The number of nitriles is 1. The molecule has 0 bridgehead atoms. The van der Waals surface area contributed by atoms with E-state index in [9.17, 15) is 10.1 Å². The van der Waals surface area contributed by atoms with E-state index in [1.165, 1.54) is 12.3 Å². The summed E-state index contributed by atoms with van der Waals surface area (Å²) in [5.74, 6) is 0.147. The molecule has 7 nitrogen and oxygen atoms in total. The summed E-state index contributed by atoms with van der Waals surface area (Å²) in [5.41, 5.74) is 3.57. The molecule has 34 heavy (non-hydrogen) atoms. The Labute approximate surface area is 201 Å². The van der Waals surface area contributed by atoms with Gasteiger partial charge in [0.15, 0.2) is 0 Å². The van der Waals surface area contributed by atoms with E-state index in [2.05, 4.69) is 26.7 Å². The Kier molecular flexibility index (Phi) is 7.01. The number of ether oxygens (including phenoxy) is 1. The number of hydrogen-bond acceptors (Lipinski definition) is 6. The van der Waals surface area contributed by atoms with Crippen LogP contribution in [0.2, 0.25) is 5.02 Å². The van der Waals surface area contributed by atoms with Crippen LogP contribution in [0.1, 0.15) is 18.1 Å². The minimum absolute atomic E-state index is 0.333. The number of halogens is 1. The van der Waals surface area contributed by atoms with Gasteiger partial charge in [0.25, 0.3) is 0 Å². The number of fused-ring (bicyclic) bond motifs is 1. The zero-order valence-electron chi connectivity index (χ0n) is 18.2. The molecule has 0 radical (unpaired) electrons.